The van der Waals surface area contributed by atoms with Crippen LogP contribution in [0.4, 0.5) is 0 Å². The van der Waals surface area contributed by atoms with Crippen LogP contribution in [0, 0.1) is 6.92 Å². The largest absolute Gasteiger partial charge is 0.454 e. The highest BCUT2D eigenvalue weighted by molar-refractivity contribution is 6.05. The van der Waals surface area contributed by atoms with Gasteiger partial charge in [0.1, 0.15) is 17.2 Å². The average Bonchev–Trinajstić information content (AvgIpc) is 3.47. The monoisotopic (exact) mass is 461 g/mol. The van der Waals surface area contributed by atoms with Crippen molar-refractivity contribution >= 4 is 33.2 Å². The summed E-state index contributed by atoms with van der Waals surface area (Å²) in [6.07, 6.45) is 1.59. The van der Waals surface area contributed by atoms with Crippen LogP contribution in [0.25, 0.3) is 38.9 Å². The van der Waals surface area contributed by atoms with Gasteiger partial charge in [-0.3, -0.25) is 13.9 Å². The summed E-state index contributed by atoms with van der Waals surface area (Å²) in [7, 11) is 0. The molecule has 0 saturated carbocycles. The molecule has 0 bridgehead atoms. The van der Waals surface area contributed by atoms with E-state index < -0.39 is 0 Å². The number of hydrogen-bond acceptors (Lipinski definition) is 6. The Morgan fingerprint density at radius 2 is 1.66 bits per heavy atom. The summed E-state index contributed by atoms with van der Waals surface area (Å²) in [4.78, 5) is 28.2. The number of benzene rings is 3. The van der Waals surface area contributed by atoms with E-state index in [1.54, 1.807) is 10.9 Å². The third kappa shape index (κ3) is 3.07. The third-order valence-electron chi connectivity index (χ3n) is 6.32. The van der Waals surface area contributed by atoms with Gasteiger partial charge in [-0.05, 0) is 36.8 Å². The van der Waals surface area contributed by atoms with Gasteiger partial charge in [0, 0.05) is 6.07 Å². The number of rotatable bonds is 3. The van der Waals surface area contributed by atoms with Crippen LogP contribution in [-0.2, 0) is 6.54 Å². The summed E-state index contributed by atoms with van der Waals surface area (Å²) in [5.41, 5.74) is 5.84. The molecule has 0 spiro atoms. The topological polar surface area (TPSA) is 84.1 Å². The molecular formula is C27H19N5O3. The fraction of sp³-hybridized carbons (Fsp3) is 0.111. The van der Waals surface area contributed by atoms with Crippen molar-refractivity contribution in [2.75, 3.05) is 6.79 Å². The van der Waals surface area contributed by atoms with Gasteiger partial charge in [0.05, 0.1) is 23.3 Å². The molecule has 0 amide bonds. The van der Waals surface area contributed by atoms with Gasteiger partial charge >= 0.3 is 0 Å². The number of nitrogens with zero attached hydrogens (tertiary/aromatic N) is 5. The summed E-state index contributed by atoms with van der Waals surface area (Å²) in [5, 5.41) is 0.436. The number of aryl methyl sites for hydroxylation is 1. The molecule has 6 aromatic rings. The normalized spacial score (nSPS) is 12.7. The molecule has 3 aromatic heterocycles. The predicted octanol–water partition coefficient (Wildman–Crippen LogP) is 4.37. The Morgan fingerprint density at radius 3 is 2.49 bits per heavy atom. The Balaban J connectivity index is 1.52. The number of ether oxygens (including phenoxy) is 2. The van der Waals surface area contributed by atoms with Gasteiger partial charge in [-0.25, -0.2) is 15.0 Å². The van der Waals surface area contributed by atoms with Gasteiger partial charge in [0.2, 0.25) is 6.79 Å². The molecule has 0 N–H and O–H groups in total. The Bertz CT molecular complexity index is 1840. The van der Waals surface area contributed by atoms with Crippen molar-refractivity contribution in [3.05, 3.63) is 94.5 Å². The quantitative estimate of drug-likeness (QED) is 0.389. The second-order valence-electron chi connectivity index (χ2n) is 8.62. The van der Waals surface area contributed by atoms with Crippen molar-refractivity contribution in [3.63, 3.8) is 0 Å². The standard InChI is InChI=1S/C27H19N5O3/c1-16-6-8-17(9-7-16)13-31-14-28-25-23(27(31)33)24-26(30-20-5-3-2-4-19(20)29-24)32(25)18-10-11-21-22(12-18)35-15-34-21/h2-12,14H,13,15H2,1H3. The zero-order chi connectivity index (χ0) is 23.5. The lowest BCUT2D eigenvalue weighted by atomic mass is 10.1. The van der Waals surface area contributed by atoms with Crippen LogP contribution < -0.4 is 15.0 Å². The van der Waals surface area contributed by atoms with E-state index in [0.717, 1.165) is 22.3 Å². The highest BCUT2D eigenvalue weighted by Gasteiger charge is 2.22. The molecule has 0 saturated heterocycles. The van der Waals surface area contributed by atoms with Crippen LogP contribution in [-0.4, -0.2) is 30.9 Å². The summed E-state index contributed by atoms with van der Waals surface area (Å²) >= 11 is 0. The van der Waals surface area contributed by atoms with E-state index in [2.05, 4.69) is 0 Å². The third-order valence-corrected chi connectivity index (χ3v) is 6.32. The molecule has 1 aliphatic heterocycles. The van der Waals surface area contributed by atoms with Crippen molar-refractivity contribution in [3.8, 4) is 17.2 Å². The highest BCUT2D eigenvalue weighted by Crippen LogP contribution is 2.36. The van der Waals surface area contributed by atoms with E-state index in [9.17, 15) is 4.79 Å². The Hall–Kier alpha value is -4.72. The molecule has 0 aliphatic carbocycles. The smallest absolute Gasteiger partial charge is 0.265 e. The molecule has 1 aliphatic rings. The first kappa shape index (κ1) is 19.7. The SMILES string of the molecule is Cc1ccc(Cn2cnc3c(c2=O)c2nc4ccccc4nc2n3-c2ccc3c(c2)OCO3)cc1. The summed E-state index contributed by atoms with van der Waals surface area (Å²) in [5.74, 6) is 1.32. The van der Waals surface area contributed by atoms with E-state index in [1.807, 2.05) is 78.2 Å². The van der Waals surface area contributed by atoms with Gasteiger partial charge in [-0.15, -0.1) is 0 Å². The molecule has 7 rings (SSSR count). The summed E-state index contributed by atoms with van der Waals surface area (Å²) in [6, 6.07) is 21.4. The first-order valence-corrected chi connectivity index (χ1v) is 11.3. The molecule has 0 unspecified atom stereocenters. The van der Waals surface area contributed by atoms with E-state index in [-0.39, 0.29) is 12.4 Å². The first-order valence-electron chi connectivity index (χ1n) is 11.3. The van der Waals surface area contributed by atoms with Crippen LogP contribution in [0.3, 0.4) is 0 Å². The van der Waals surface area contributed by atoms with E-state index in [1.165, 1.54) is 5.56 Å². The zero-order valence-corrected chi connectivity index (χ0v) is 18.8. The van der Waals surface area contributed by atoms with Gasteiger partial charge in [-0.1, -0.05) is 42.0 Å². The van der Waals surface area contributed by atoms with Crippen molar-refractivity contribution in [1.29, 1.82) is 0 Å². The molecule has 0 atom stereocenters. The number of hydrogen-bond donors (Lipinski definition) is 0. The fourth-order valence-corrected chi connectivity index (χ4v) is 4.54. The van der Waals surface area contributed by atoms with Gasteiger partial charge < -0.3 is 9.47 Å². The maximum absolute atomic E-state index is 13.8. The van der Waals surface area contributed by atoms with Crippen molar-refractivity contribution in [1.82, 2.24) is 24.1 Å². The minimum atomic E-state index is -0.162. The van der Waals surface area contributed by atoms with Crippen LogP contribution >= 0.6 is 0 Å². The molecule has 8 heteroatoms. The van der Waals surface area contributed by atoms with E-state index in [4.69, 9.17) is 24.4 Å². The van der Waals surface area contributed by atoms with Crippen LogP contribution in [0.1, 0.15) is 11.1 Å². The predicted molar refractivity (Wildman–Crippen MR) is 132 cm³/mol. The molecule has 8 nitrogen and oxygen atoms in total. The lowest BCUT2D eigenvalue weighted by molar-refractivity contribution is 0.174. The molecule has 4 heterocycles. The van der Waals surface area contributed by atoms with E-state index in [0.29, 0.717) is 40.2 Å². The average molecular weight is 461 g/mol. The molecule has 0 fully saturated rings. The molecule has 170 valence electrons. The fourth-order valence-electron chi connectivity index (χ4n) is 4.54. The Morgan fingerprint density at radius 1 is 0.886 bits per heavy atom. The van der Waals surface area contributed by atoms with Crippen LogP contribution in [0.5, 0.6) is 11.5 Å². The second-order valence-corrected chi connectivity index (χ2v) is 8.62. The maximum Gasteiger partial charge on any atom is 0.265 e. The molecule has 0 radical (unpaired) electrons. The van der Waals surface area contributed by atoms with Gasteiger partial charge in [-0.2, -0.15) is 0 Å². The van der Waals surface area contributed by atoms with Crippen molar-refractivity contribution in [2.24, 2.45) is 0 Å². The number of para-hydroxylation sites is 2. The maximum atomic E-state index is 13.8. The van der Waals surface area contributed by atoms with Gasteiger partial charge in [0.15, 0.2) is 22.8 Å². The second kappa shape index (κ2) is 7.39. The lowest BCUT2D eigenvalue weighted by Crippen LogP contribution is -2.21. The van der Waals surface area contributed by atoms with Crippen LogP contribution in [0.2, 0.25) is 0 Å². The van der Waals surface area contributed by atoms with Crippen LogP contribution in [0.15, 0.2) is 77.9 Å². The zero-order valence-electron chi connectivity index (χ0n) is 18.8. The number of aromatic nitrogens is 5. The first-order chi connectivity index (χ1) is 17.2. The molecular weight excluding hydrogens is 442 g/mol. The minimum Gasteiger partial charge on any atom is -0.454 e. The summed E-state index contributed by atoms with van der Waals surface area (Å²) < 4.78 is 14.5. The van der Waals surface area contributed by atoms with E-state index >= 15 is 0 Å². The number of fused-ring (bicyclic) bond motifs is 5. The Labute approximate surface area is 199 Å². The van der Waals surface area contributed by atoms with Crippen molar-refractivity contribution in [2.45, 2.75) is 13.5 Å². The minimum absolute atomic E-state index is 0.162. The molecule has 35 heavy (non-hydrogen) atoms. The highest BCUT2D eigenvalue weighted by atomic mass is 16.7. The van der Waals surface area contributed by atoms with Crippen molar-refractivity contribution < 1.29 is 9.47 Å². The lowest BCUT2D eigenvalue weighted by Gasteiger charge is -2.09. The Kier molecular flexibility index (Phi) is 4.17. The molecule has 3 aromatic carbocycles. The summed E-state index contributed by atoms with van der Waals surface area (Å²) in [6.45, 7) is 2.63. The van der Waals surface area contributed by atoms with Gasteiger partial charge in [0.25, 0.3) is 5.56 Å².